The van der Waals surface area contributed by atoms with Gasteiger partial charge in [-0.25, -0.2) is 0 Å². The van der Waals surface area contributed by atoms with E-state index in [9.17, 15) is 14.9 Å². The number of nitro groups is 1. The Hall–Kier alpha value is -2.54. The molecule has 106 valence electrons. The molecule has 0 radical (unpaired) electrons. The summed E-state index contributed by atoms with van der Waals surface area (Å²) in [5.41, 5.74) is 1.15. The highest BCUT2D eigenvalue weighted by Crippen LogP contribution is 2.27. The molecule has 0 bridgehead atoms. The van der Waals surface area contributed by atoms with E-state index in [1.165, 1.54) is 24.4 Å². The lowest BCUT2D eigenvalue weighted by Crippen LogP contribution is -1.97. The zero-order valence-electron chi connectivity index (χ0n) is 10.7. The van der Waals surface area contributed by atoms with Crippen LogP contribution in [0.4, 0.5) is 11.4 Å². The number of ketones is 1. The Kier molecular flexibility index (Phi) is 4.78. The third-order valence-electron chi connectivity index (χ3n) is 2.60. The maximum atomic E-state index is 11.8. The number of allylic oxidation sites excluding steroid dienone is 1. The van der Waals surface area contributed by atoms with Crippen LogP contribution in [0.3, 0.4) is 0 Å². The number of nitrogens with one attached hydrogen (secondary N) is 1. The van der Waals surface area contributed by atoms with E-state index >= 15 is 0 Å². The topological polar surface area (TPSA) is 85.1 Å². The molecule has 0 atom stereocenters. The number of anilines is 1. The van der Waals surface area contributed by atoms with E-state index in [1.807, 2.05) is 0 Å². The van der Waals surface area contributed by atoms with Crippen LogP contribution in [0.1, 0.15) is 10.4 Å². The first-order chi connectivity index (χ1) is 10.1. The number of aromatic nitrogens is 1. The first-order valence-electron chi connectivity index (χ1n) is 5.89. The highest BCUT2D eigenvalue weighted by Gasteiger charge is 2.08. The molecule has 0 unspecified atom stereocenters. The Morgan fingerprint density at radius 3 is 2.62 bits per heavy atom. The van der Waals surface area contributed by atoms with Gasteiger partial charge in [0.05, 0.1) is 10.6 Å². The van der Waals surface area contributed by atoms with E-state index in [2.05, 4.69) is 26.2 Å². The highest BCUT2D eigenvalue weighted by atomic mass is 79.9. The number of pyridine rings is 1. The van der Waals surface area contributed by atoms with Crippen molar-refractivity contribution in [3.63, 3.8) is 0 Å². The lowest BCUT2D eigenvalue weighted by molar-refractivity contribution is -0.384. The van der Waals surface area contributed by atoms with E-state index in [-0.39, 0.29) is 11.5 Å². The van der Waals surface area contributed by atoms with Gasteiger partial charge in [0.1, 0.15) is 0 Å². The predicted octanol–water partition coefficient (Wildman–Crippen LogP) is 3.56. The average Bonchev–Trinajstić information content (AvgIpc) is 2.49. The lowest BCUT2D eigenvalue weighted by atomic mass is 10.2. The number of carbonyl (C=O) groups excluding carboxylic acids is 1. The lowest BCUT2D eigenvalue weighted by Gasteiger charge is -2.03. The van der Waals surface area contributed by atoms with Crippen molar-refractivity contribution in [2.24, 2.45) is 0 Å². The van der Waals surface area contributed by atoms with Gasteiger partial charge in [0.15, 0.2) is 5.78 Å². The molecule has 0 saturated heterocycles. The Morgan fingerprint density at radius 1 is 1.29 bits per heavy atom. The summed E-state index contributed by atoms with van der Waals surface area (Å²) in [4.78, 5) is 25.8. The van der Waals surface area contributed by atoms with Crippen LogP contribution in [0, 0.1) is 10.1 Å². The van der Waals surface area contributed by atoms with E-state index in [0.29, 0.717) is 15.7 Å². The second kappa shape index (κ2) is 6.76. The molecule has 1 heterocycles. The second-order valence-electron chi connectivity index (χ2n) is 4.00. The predicted molar refractivity (Wildman–Crippen MR) is 82.1 cm³/mol. The van der Waals surface area contributed by atoms with Gasteiger partial charge in [0.2, 0.25) is 0 Å². The van der Waals surface area contributed by atoms with E-state index in [4.69, 9.17) is 0 Å². The minimum Gasteiger partial charge on any atom is -0.361 e. The van der Waals surface area contributed by atoms with Gasteiger partial charge in [-0.1, -0.05) is 0 Å². The van der Waals surface area contributed by atoms with Gasteiger partial charge in [-0.05, 0) is 34.1 Å². The fraction of sp³-hybridized carbons (Fsp3) is 0. The van der Waals surface area contributed by atoms with Gasteiger partial charge < -0.3 is 5.32 Å². The Balaban J connectivity index is 2.05. The normalized spacial score (nSPS) is 10.5. The van der Waals surface area contributed by atoms with Crippen LogP contribution < -0.4 is 5.32 Å². The van der Waals surface area contributed by atoms with Gasteiger partial charge in [-0.3, -0.25) is 19.9 Å². The van der Waals surface area contributed by atoms with Gasteiger partial charge in [0, 0.05) is 46.8 Å². The number of halogens is 1. The number of carbonyl (C=O) groups is 1. The number of nitrogens with zero attached hydrogens (tertiary/aromatic N) is 2. The molecule has 2 aromatic rings. The summed E-state index contributed by atoms with van der Waals surface area (Å²) in [6, 6.07) is 7.57. The van der Waals surface area contributed by atoms with Crippen LogP contribution in [0.5, 0.6) is 0 Å². The van der Waals surface area contributed by atoms with E-state index < -0.39 is 4.92 Å². The molecule has 0 saturated carbocycles. The van der Waals surface area contributed by atoms with Crippen molar-refractivity contribution in [1.29, 1.82) is 0 Å². The van der Waals surface area contributed by atoms with Gasteiger partial charge in [0.25, 0.3) is 5.69 Å². The smallest absolute Gasteiger partial charge is 0.270 e. The quantitative estimate of drug-likeness (QED) is 0.386. The van der Waals surface area contributed by atoms with Crippen molar-refractivity contribution in [1.82, 2.24) is 4.98 Å². The van der Waals surface area contributed by atoms with Crippen molar-refractivity contribution in [3.05, 3.63) is 75.2 Å². The largest absolute Gasteiger partial charge is 0.361 e. The standard InChI is InChI=1S/C14H10BrN3O3/c15-12-9-11(18(20)21)1-2-13(12)17-8-5-14(19)10-3-6-16-7-4-10/h1-9,17H/b8-5-. The fourth-order valence-electron chi connectivity index (χ4n) is 1.55. The van der Waals surface area contributed by atoms with Crippen LogP contribution in [0.15, 0.2) is 59.5 Å². The molecule has 0 aliphatic rings. The molecular weight excluding hydrogens is 338 g/mol. The average molecular weight is 348 g/mol. The van der Waals surface area contributed by atoms with Gasteiger partial charge in [-0.15, -0.1) is 0 Å². The first kappa shape index (κ1) is 14.9. The fourth-order valence-corrected chi connectivity index (χ4v) is 2.04. The monoisotopic (exact) mass is 347 g/mol. The van der Waals surface area contributed by atoms with Crippen LogP contribution in [0.2, 0.25) is 0 Å². The number of hydrogen-bond donors (Lipinski definition) is 1. The summed E-state index contributed by atoms with van der Waals surface area (Å²) in [7, 11) is 0. The van der Waals surface area contributed by atoms with Crippen LogP contribution in [-0.4, -0.2) is 15.7 Å². The van der Waals surface area contributed by atoms with Gasteiger partial charge in [-0.2, -0.15) is 0 Å². The number of rotatable bonds is 5. The second-order valence-corrected chi connectivity index (χ2v) is 4.85. The Morgan fingerprint density at radius 2 is 2.00 bits per heavy atom. The molecule has 0 amide bonds. The minimum absolute atomic E-state index is 0.00994. The van der Waals surface area contributed by atoms with E-state index in [1.54, 1.807) is 30.6 Å². The summed E-state index contributed by atoms with van der Waals surface area (Å²) in [5, 5.41) is 13.5. The molecule has 7 heteroatoms. The Labute approximate surface area is 128 Å². The van der Waals surface area contributed by atoms with Crippen molar-refractivity contribution < 1.29 is 9.72 Å². The molecular formula is C14H10BrN3O3. The minimum atomic E-state index is -0.475. The number of nitro benzene ring substituents is 1. The van der Waals surface area contributed by atoms with Crippen molar-refractivity contribution in [2.75, 3.05) is 5.32 Å². The van der Waals surface area contributed by atoms with Crippen LogP contribution in [0.25, 0.3) is 0 Å². The molecule has 0 spiro atoms. The number of non-ortho nitro benzene ring substituents is 1. The molecule has 0 aliphatic carbocycles. The third kappa shape index (κ3) is 3.96. The molecule has 0 fully saturated rings. The van der Waals surface area contributed by atoms with E-state index in [0.717, 1.165) is 0 Å². The summed E-state index contributed by atoms with van der Waals surface area (Å²) in [6.07, 6.45) is 5.95. The molecule has 1 aromatic carbocycles. The maximum Gasteiger partial charge on any atom is 0.270 e. The Bertz CT molecular complexity index is 702. The molecule has 2 rings (SSSR count). The first-order valence-corrected chi connectivity index (χ1v) is 6.68. The molecule has 1 aromatic heterocycles. The van der Waals surface area contributed by atoms with Crippen molar-refractivity contribution in [2.45, 2.75) is 0 Å². The number of hydrogen-bond acceptors (Lipinski definition) is 5. The van der Waals surface area contributed by atoms with Crippen molar-refractivity contribution in [3.8, 4) is 0 Å². The van der Waals surface area contributed by atoms with Gasteiger partial charge >= 0.3 is 0 Å². The van der Waals surface area contributed by atoms with Crippen LogP contribution in [-0.2, 0) is 0 Å². The zero-order chi connectivity index (χ0) is 15.2. The summed E-state index contributed by atoms with van der Waals surface area (Å²) in [5.74, 6) is -0.164. The number of benzene rings is 1. The molecule has 6 nitrogen and oxygen atoms in total. The van der Waals surface area contributed by atoms with Crippen LogP contribution >= 0.6 is 15.9 Å². The maximum absolute atomic E-state index is 11.8. The third-order valence-corrected chi connectivity index (χ3v) is 3.26. The SMILES string of the molecule is O=C(/C=C\Nc1ccc([N+](=O)[O-])cc1Br)c1ccncc1. The summed E-state index contributed by atoms with van der Waals surface area (Å²) >= 11 is 3.23. The molecule has 1 N–H and O–H groups in total. The molecule has 21 heavy (non-hydrogen) atoms. The highest BCUT2D eigenvalue weighted by molar-refractivity contribution is 9.10. The van der Waals surface area contributed by atoms with Crippen molar-refractivity contribution >= 4 is 33.1 Å². The molecule has 0 aliphatic heterocycles. The summed E-state index contributed by atoms with van der Waals surface area (Å²) < 4.78 is 0.540. The summed E-state index contributed by atoms with van der Waals surface area (Å²) in [6.45, 7) is 0. The zero-order valence-corrected chi connectivity index (χ0v) is 12.3.